The molecule has 7 nitrogen and oxygen atoms in total. The summed E-state index contributed by atoms with van der Waals surface area (Å²) in [6, 6.07) is 15.2. The third-order valence-electron chi connectivity index (χ3n) is 6.99. The van der Waals surface area contributed by atoms with Gasteiger partial charge < -0.3 is 9.64 Å². The Morgan fingerprint density at radius 2 is 1.57 bits per heavy atom. The van der Waals surface area contributed by atoms with Gasteiger partial charge in [0.25, 0.3) is 5.91 Å². The van der Waals surface area contributed by atoms with Crippen molar-refractivity contribution in [2.45, 2.75) is 36.7 Å². The average Bonchev–Trinajstić information content (AvgIpc) is 3.10. The molecule has 2 saturated heterocycles. The highest BCUT2D eigenvalue weighted by molar-refractivity contribution is 7.90. The van der Waals surface area contributed by atoms with Crippen molar-refractivity contribution in [3.05, 3.63) is 59.7 Å². The van der Waals surface area contributed by atoms with Gasteiger partial charge >= 0.3 is 0 Å². The number of benzene rings is 2. The minimum absolute atomic E-state index is 0. The molecule has 1 amide bonds. The van der Waals surface area contributed by atoms with Crippen molar-refractivity contribution in [2.24, 2.45) is 0 Å². The minimum Gasteiger partial charge on any atom is -0.497 e. The summed E-state index contributed by atoms with van der Waals surface area (Å²) in [6.45, 7) is 6.48. The van der Waals surface area contributed by atoms with Crippen LogP contribution in [0.1, 0.15) is 35.2 Å². The second kappa shape index (κ2) is 12.2. The van der Waals surface area contributed by atoms with E-state index in [9.17, 15) is 13.2 Å². The molecule has 0 spiro atoms. The van der Waals surface area contributed by atoms with Crippen LogP contribution in [0.4, 0.5) is 0 Å². The number of hydrogen-bond donors (Lipinski definition) is 0. The molecule has 35 heavy (non-hydrogen) atoms. The van der Waals surface area contributed by atoms with Crippen molar-refractivity contribution in [1.82, 2.24) is 14.7 Å². The Bertz CT molecular complexity index is 1070. The first kappa shape index (κ1) is 27.5. The van der Waals surface area contributed by atoms with Gasteiger partial charge in [-0.2, -0.15) is 0 Å². The van der Waals surface area contributed by atoms with Gasteiger partial charge in [0.15, 0.2) is 9.84 Å². The number of ether oxygens (including phenoxy) is 1. The smallest absolute Gasteiger partial charge is 0.253 e. The number of carbonyl (C=O) groups excluding carboxylic acids is 1. The van der Waals surface area contributed by atoms with E-state index in [0.717, 1.165) is 64.3 Å². The van der Waals surface area contributed by atoms with Gasteiger partial charge in [-0.1, -0.05) is 12.1 Å². The van der Waals surface area contributed by atoms with Crippen LogP contribution in [0, 0.1) is 0 Å². The Morgan fingerprint density at radius 1 is 0.914 bits per heavy atom. The molecule has 2 aliphatic heterocycles. The third-order valence-corrected chi connectivity index (χ3v) is 8.11. The number of methoxy groups -OCH3 is 1. The van der Waals surface area contributed by atoms with Crippen LogP contribution < -0.4 is 4.74 Å². The number of hydrogen-bond acceptors (Lipinski definition) is 6. The molecule has 2 heterocycles. The molecule has 0 radical (unpaired) electrons. The van der Waals surface area contributed by atoms with E-state index in [1.54, 1.807) is 19.2 Å². The Labute approximate surface area is 215 Å². The van der Waals surface area contributed by atoms with Gasteiger partial charge in [0.05, 0.1) is 12.0 Å². The molecule has 9 heteroatoms. The molecule has 192 valence electrons. The van der Waals surface area contributed by atoms with Crippen molar-refractivity contribution >= 4 is 28.2 Å². The van der Waals surface area contributed by atoms with Gasteiger partial charge in [0, 0.05) is 50.6 Å². The van der Waals surface area contributed by atoms with E-state index >= 15 is 0 Å². The van der Waals surface area contributed by atoms with E-state index in [1.165, 1.54) is 24.0 Å². The summed E-state index contributed by atoms with van der Waals surface area (Å²) in [5.41, 5.74) is 1.86. The van der Waals surface area contributed by atoms with Crippen molar-refractivity contribution in [1.29, 1.82) is 0 Å². The summed E-state index contributed by atoms with van der Waals surface area (Å²) in [6.07, 6.45) is 4.43. The number of carbonyl (C=O) groups is 1. The number of piperidine rings is 1. The predicted molar refractivity (Wildman–Crippen MR) is 140 cm³/mol. The summed E-state index contributed by atoms with van der Waals surface area (Å²) in [7, 11) is -1.57. The molecule has 4 rings (SSSR count). The van der Waals surface area contributed by atoms with E-state index in [-0.39, 0.29) is 23.2 Å². The van der Waals surface area contributed by atoms with Crippen molar-refractivity contribution in [3.63, 3.8) is 0 Å². The van der Waals surface area contributed by atoms with E-state index in [4.69, 9.17) is 4.74 Å². The van der Waals surface area contributed by atoms with E-state index in [0.29, 0.717) is 18.2 Å². The lowest BCUT2D eigenvalue weighted by Gasteiger charge is -2.38. The lowest BCUT2D eigenvalue weighted by molar-refractivity contribution is 0.0745. The van der Waals surface area contributed by atoms with Crippen LogP contribution in [0.3, 0.4) is 0 Å². The zero-order valence-corrected chi connectivity index (χ0v) is 22.2. The summed E-state index contributed by atoms with van der Waals surface area (Å²) >= 11 is 0. The summed E-state index contributed by atoms with van der Waals surface area (Å²) in [4.78, 5) is 20.2. The molecule has 0 bridgehead atoms. The molecule has 0 unspecified atom stereocenters. The maximum absolute atomic E-state index is 13.0. The zero-order chi connectivity index (χ0) is 24.1. The number of sulfone groups is 1. The lowest BCUT2D eigenvalue weighted by Crippen LogP contribution is -2.46. The van der Waals surface area contributed by atoms with Crippen molar-refractivity contribution in [3.8, 4) is 5.75 Å². The largest absolute Gasteiger partial charge is 0.497 e. The molecule has 0 aliphatic carbocycles. The van der Waals surface area contributed by atoms with Crippen LogP contribution in [0.2, 0.25) is 0 Å². The fourth-order valence-corrected chi connectivity index (χ4v) is 5.60. The standard InChI is InChI=1S/C26H35N3O4S.ClH/c1-33-24-8-4-21(5-9-24)20-27-16-12-23(13-17-27)28-14-3-15-29(19-18-28)26(30)22-6-10-25(11-7-22)34(2,31)32;/h4-11,23H,3,12-20H2,1-2H3;1H. The Hall–Kier alpha value is -2.13. The van der Waals surface area contributed by atoms with Crippen LogP contribution in [0.15, 0.2) is 53.4 Å². The van der Waals surface area contributed by atoms with Gasteiger partial charge in [-0.25, -0.2) is 8.42 Å². The Kier molecular flexibility index (Phi) is 9.58. The SMILES string of the molecule is COc1ccc(CN2CCC(N3CCCN(C(=O)c4ccc(S(C)(=O)=O)cc4)CC3)CC2)cc1.Cl. The van der Waals surface area contributed by atoms with E-state index in [1.807, 2.05) is 17.0 Å². The first-order valence-electron chi connectivity index (χ1n) is 12.0. The summed E-state index contributed by atoms with van der Waals surface area (Å²) < 4.78 is 28.6. The molecule has 2 aromatic carbocycles. The zero-order valence-electron chi connectivity index (χ0n) is 20.6. The highest BCUT2D eigenvalue weighted by atomic mass is 35.5. The highest BCUT2D eigenvalue weighted by Gasteiger charge is 2.28. The molecule has 2 aromatic rings. The molecule has 0 aromatic heterocycles. The first-order chi connectivity index (χ1) is 16.3. The first-order valence-corrected chi connectivity index (χ1v) is 13.9. The van der Waals surface area contributed by atoms with Crippen LogP contribution >= 0.6 is 12.4 Å². The van der Waals surface area contributed by atoms with Gasteiger partial charge in [0.1, 0.15) is 5.75 Å². The molecule has 0 atom stereocenters. The minimum atomic E-state index is -3.26. The molecule has 2 fully saturated rings. The van der Waals surface area contributed by atoms with Gasteiger partial charge in [-0.05, 0) is 74.3 Å². The number of nitrogens with zero attached hydrogens (tertiary/aromatic N) is 3. The molecule has 0 saturated carbocycles. The van der Waals surface area contributed by atoms with Crippen LogP contribution in [0.5, 0.6) is 5.75 Å². The topological polar surface area (TPSA) is 70.2 Å². The fraction of sp³-hybridized carbons (Fsp3) is 0.500. The second-order valence-electron chi connectivity index (χ2n) is 9.33. The van der Waals surface area contributed by atoms with E-state index < -0.39 is 9.84 Å². The predicted octanol–water partition coefficient (Wildman–Crippen LogP) is 3.33. The number of halogens is 1. The van der Waals surface area contributed by atoms with Crippen LogP contribution in [-0.2, 0) is 16.4 Å². The Balaban J connectivity index is 0.00000342. The second-order valence-corrected chi connectivity index (χ2v) is 11.3. The Morgan fingerprint density at radius 3 is 2.17 bits per heavy atom. The number of rotatable bonds is 6. The molecular weight excluding hydrogens is 486 g/mol. The van der Waals surface area contributed by atoms with Crippen molar-refractivity contribution in [2.75, 3.05) is 52.6 Å². The maximum atomic E-state index is 13.0. The monoisotopic (exact) mass is 521 g/mol. The van der Waals surface area contributed by atoms with Gasteiger partial charge in [-0.15, -0.1) is 12.4 Å². The molecule has 2 aliphatic rings. The number of likely N-dealkylation sites (tertiary alicyclic amines) is 1. The fourth-order valence-electron chi connectivity index (χ4n) is 4.96. The van der Waals surface area contributed by atoms with Gasteiger partial charge in [-0.3, -0.25) is 14.6 Å². The average molecular weight is 522 g/mol. The normalized spacial score (nSPS) is 18.5. The van der Waals surface area contributed by atoms with Crippen LogP contribution in [-0.4, -0.2) is 87.7 Å². The quantitative estimate of drug-likeness (QED) is 0.580. The van der Waals surface area contributed by atoms with Gasteiger partial charge in [0.2, 0.25) is 0 Å². The third kappa shape index (κ3) is 7.19. The van der Waals surface area contributed by atoms with Crippen molar-refractivity contribution < 1.29 is 17.9 Å². The number of amides is 1. The van der Waals surface area contributed by atoms with Crippen LogP contribution in [0.25, 0.3) is 0 Å². The highest BCUT2D eigenvalue weighted by Crippen LogP contribution is 2.22. The molecule has 0 N–H and O–H groups in total. The summed E-state index contributed by atoms with van der Waals surface area (Å²) in [5.74, 6) is 0.873. The lowest BCUT2D eigenvalue weighted by atomic mass is 10.0. The van der Waals surface area contributed by atoms with E-state index in [2.05, 4.69) is 21.9 Å². The molecular formula is C26H36ClN3O4S. The summed E-state index contributed by atoms with van der Waals surface area (Å²) in [5, 5.41) is 0. The maximum Gasteiger partial charge on any atom is 0.253 e.